The van der Waals surface area contributed by atoms with E-state index >= 15 is 0 Å². The number of hydrogen-bond donors (Lipinski definition) is 2. The summed E-state index contributed by atoms with van der Waals surface area (Å²) >= 11 is 0. The number of amides is 1. The van der Waals surface area contributed by atoms with Crippen LogP contribution in [0.3, 0.4) is 0 Å². The molecule has 30 heavy (non-hydrogen) atoms. The summed E-state index contributed by atoms with van der Waals surface area (Å²) in [4.78, 5) is 26.8. The second kappa shape index (κ2) is 8.44. The van der Waals surface area contributed by atoms with Crippen molar-refractivity contribution in [2.45, 2.75) is 26.7 Å². The predicted octanol–water partition coefficient (Wildman–Crippen LogP) is 3.68. The van der Waals surface area contributed by atoms with Crippen molar-refractivity contribution in [3.05, 3.63) is 53.4 Å². The molecule has 0 aliphatic carbocycles. The van der Waals surface area contributed by atoms with Crippen molar-refractivity contribution in [2.24, 2.45) is 0 Å². The fourth-order valence-corrected chi connectivity index (χ4v) is 3.48. The van der Waals surface area contributed by atoms with E-state index in [0.717, 1.165) is 30.1 Å². The zero-order valence-corrected chi connectivity index (χ0v) is 17.0. The molecule has 0 atom stereocenters. The summed E-state index contributed by atoms with van der Waals surface area (Å²) < 4.78 is 10.6. The smallest absolute Gasteiger partial charge is 0.356 e. The van der Waals surface area contributed by atoms with Crippen LogP contribution >= 0.6 is 0 Å². The fraction of sp³-hybridized carbons (Fsp3) is 0.318. The Bertz CT molecular complexity index is 1060. The number of esters is 1. The lowest BCUT2D eigenvalue weighted by Crippen LogP contribution is -2.22. The average Bonchev–Trinajstić information content (AvgIpc) is 3.49. The Kier molecular flexibility index (Phi) is 5.56. The number of rotatable bonds is 6. The van der Waals surface area contributed by atoms with Crippen molar-refractivity contribution < 1.29 is 18.7 Å². The number of nitrogens with zero attached hydrogens (tertiary/aromatic N) is 2. The lowest BCUT2D eigenvalue weighted by Gasteiger charge is -2.19. The molecule has 0 saturated carbocycles. The van der Waals surface area contributed by atoms with Gasteiger partial charge in [0.25, 0.3) is 5.91 Å². The Hall–Kier alpha value is -3.55. The summed E-state index contributed by atoms with van der Waals surface area (Å²) in [7, 11) is 0. The van der Waals surface area contributed by atoms with Crippen molar-refractivity contribution in [1.29, 1.82) is 0 Å². The molecule has 2 N–H and O–H groups in total. The van der Waals surface area contributed by atoms with E-state index in [4.69, 9.17) is 9.15 Å². The van der Waals surface area contributed by atoms with Gasteiger partial charge in [0, 0.05) is 30.5 Å². The number of H-pyrrole nitrogens is 1. The third kappa shape index (κ3) is 4.37. The third-order valence-electron chi connectivity index (χ3n) is 5.08. The molecule has 156 valence electrons. The predicted molar refractivity (Wildman–Crippen MR) is 113 cm³/mol. The van der Waals surface area contributed by atoms with E-state index < -0.39 is 11.9 Å². The van der Waals surface area contributed by atoms with Gasteiger partial charge < -0.3 is 19.4 Å². The number of benzene rings is 1. The number of furan rings is 1. The van der Waals surface area contributed by atoms with E-state index in [1.807, 2.05) is 32.0 Å². The van der Waals surface area contributed by atoms with E-state index in [2.05, 4.69) is 26.5 Å². The van der Waals surface area contributed by atoms with Crippen molar-refractivity contribution in [2.75, 3.05) is 29.9 Å². The lowest BCUT2D eigenvalue weighted by atomic mass is 10.1. The Morgan fingerprint density at radius 3 is 2.67 bits per heavy atom. The summed E-state index contributed by atoms with van der Waals surface area (Å²) in [5.41, 5.74) is 3.48. The largest absolute Gasteiger partial charge is 0.460 e. The Balaban J connectivity index is 1.31. The minimum absolute atomic E-state index is 0.151. The first-order valence-electron chi connectivity index (χ1n) is 9.94. The van der Waals surface area contributed by atoms with E-state index in [1.165, 1.54) is 18.9 Å². The van der Waals surface area contributed by atoms with Crippen molar-refractivity contribution in [1.82, 2.24) is 10.2 Å². The highest BCUT2D eigenvalue weighted by atomic mass is 16.5. The highest BCUT2D eigenvalue weighted by Gasteiger charge is 2.17. The van der Waals surface area contributed by atoms with Gasteiger partial charge in [0.15, 0.2) is 12.4 Å². The van der Waals surface area contributed by atoms with Gasteiger partial charge in [-0.25, -0.2) is 4.79 Å². The zero-order chi connectivity index (χ0) is 21.1. The maximum Gasteiger partial charge on any atom is 0.356 e. The average molecular weight is 408 g/mol. The number of aryl methyl sites for hydroxylation is 2. The molecule has 3 aromatic rings. The molecule has 0 bridgehead atoms. The summed E-state index contributed by atoms with van der Waals surface area (Å²) in [6, 6.07) is 11.1. The van der Waals surface area contributed by atoms with Crippen LogP contribution in [0, 0.1) is 13.8 Å². The molecule has 0 radical (unpaired) electrons. The number of aromatic amines is 1. The standard InChI is InChI=1S/C22H24N4O4/c1-14-11-16(26-9-3-4-10-26)6-7-17(14)23-21(27)13-29-22(28)19-12-18(24-25-19)20-8-5-15(2)30-20/h5-8,11-12H,3-4,9-10,13H2,1-2H3,(H,23,27)(H,24,25). The second-order valence-corrected chi connectivity index (χ2v) is 7.39. The van der Waals surface area contributed by atoms with Crippen molar-refractivity contribution in [3.63, 3.8) is 0 Å². The number of carbonyl (C=O) groups excluding carboxylic acids is 2. The Morgan fingerprint density at radius 2 is 1.97 bits per heavy atom. The quantitative estimate of drug-likeness (QED) is 0.604. The van der Waals surface area contributed by atoms with Gasteiger partial charge >= 0.3 is 5.97 Å². The molecule has 1 aliphatic rings. The molecule has 0 unspecified atom stereocenters. The topological polar surface area (TPSA) is 100 Å². The Morgan fingerprint density at radius 1 is 1.17 bits per heavy atom. The summed E-state index contributed by atoms with van der Waals surface area (Å²) in [6.45, 7) is 5.52. The van der Waals surface area contributed by atoms with Crippen LogP contribution in [-0.2, 0) is 9.53 Å². The number of carbonyl (C=O) groups is 2. The highest BCUT2D eigenvalue weighted by molar-refractivity contribution is 5.95. The first-order chi connectivity index (χ1) is 14.5. The monoisotopic (exact) mass is 408 g/mol. The zero-order valence-electron chi connectivity index (χ0n) is 17.0. The van der Waals surface area contributed by atoms with Crippen LogP contribution in [0.15, 0.2) is 40.8 Å². The van der Waals surface area contributed by atoms with Gasteiger partial charge in [-0.05, 0) is 62.6 Å². The molecule has 8 heteroatoms. The maximum atomic E-state index is 12.2. The van der Waals surface area contributed by atoms with Crippen LogP contribution in [0.25, 0.3) is 11.5 Å². The first kappa shape index (κ1) is 19.8. The van der Waals surface area contributed by atoms with Crippen molar-refractivity contribution in [3.8, 4) is 11.5 Å². The molecule has 8 nitrogen and oxygen atoms in total. The summed E-state index contributed by atoms with van der Waals surface area (Å²) in [5, 5.41) is 9.45. The summed E-state index contributed by atoms with van der Waals surface area (Å²) in [5.74, 6) is 0.237. The number of ether oxygens (including phenoxy) is 1. The molecule has 1 fully saturated rings. The number of nitrogens with one attached hydrogen (secondary N) is 2. The van der Waals surface area contributed by atoms with Crippen LogP contribution in [0.4, 0.5) is 11.4 Å². The Labute approximate surface area is 174 Å². The van der Waals surface area contributed by atoms with Crippen LogP contribution in [-0.4, -0.2) is 41.8 Å². The van der Waals surface area contributed by atoms with Crippen LogP contribution < -0.4 is 10.2 Å². The molecule has 1 aliphatic heterocycles. The highest BCUT2D eigenvalue weighted by Crippen LogP contribution is 2.25. The molecule has 2 aromatic heterocycles. The normalized spacial score (nSPS) is 13.5. The van der Waals surface area contributed by atoms with Gasteiger partial charge in [0.2, 0.25) is 0 Å². The fourth-order valence-electron chi connectivity index (χ4n) is 3.48. The number of aromatic nitrogens is 2. The first-order valence-corrected chi connectivity index (χ1v) is 9.94. The van der Waals surface area contributed by atoms with Gasteiger partial charge in [0.1, 0.15) is 17.1 Å². The lowest BCUT2D eigenvalue weighted by molar-refractivity contribution is -0.119. The van der Waals surface area contributed by atoms with Gasteiger partial charge in [-0.2, -0.15) is 5.10 Å². The molecular weight excluding hydrogens is 384 g/mol. The molecule has 3 heterocycles. The SMILES string of the molecule is Cc1ccc(-c2cc(C(=O)OCC(=O)Nc3ccc(N4CCCC4)cc3C)[nH]n2)o1. The van der Waals surface area contributed by atoms with E-state index in [-0.39, 0.29) is 12.3 Å². The van der Waals surface area contributed by atoms with Gasteiger partial charge in [0.05, 0.1) is 0 Å². The molecular formula is C22H24N4O4. The van der Waals surface area contributed by atoms with Gasteiger partial charge in [-0.3, -0.25) is 9.89 Å². The molecule has 1 amide bonds. The van der Waals surface area contributed by atoms with E-state index in [0.29, 0.717) is 17.1 Å². The number of hydrogen-bond acceptors (Lipinski definition) is 6. The van der Waals surface area contributed by atoms with Gasteiger partial charge in [-0.15, -0.1) is 0 Å². The molecule has 0 spiro atoms. The van der Waals surface area contributed by atoms with E-state index in [1.54, 1.807) is 6.07 Å². The third-order valence-corrected chi connectivity index (χ3v) is 5.08. The second-order valence-electron chi connectivity index (χ2n) is 7.39. The van der Waals surface area contributed by atoms with E-state index in [9.17, 15) is 9.59 Å². The van der Waals surface area contributed by atoms with Crippen molar-refractivity contribution >= 4 is 23.3 Å². The number of anilines is 2. The molecule has 4 rings (SSSR count). The summed E-state index contributed by atoms with van der Waals surface area (Å²) in [6.07, 6.45) is 2.42. The molecule has 1 aromatic carbocycles. The van der Waals surface area contributed by atoms with Crippen LogP contribution in [0.1, 0.15) is 34.7 Å². The van der Waals surface area contributed by atoms with Gasteiger partial charge in [-0.1, -0.05) is 0 Å². The van der Waals surface area contributed by atoms with Crippen LogP contribution in [0.2, 0.25) is 0 Å². The van der Waals surface area contributed by atoms with Crippen LogP contribution in [0.5, 0.6) is 0 Å². The minimum atomic E-state index is -0.659. The molecule has 1 saturated heterocycles. The minimum Gasteiger partial charge on any atom is -0.460 e. The maximum absolute atomic E-state index is 12.2.